The smallest absolute Gasteiger partial charge is 0.173 e. The van der Waals surface area contributed by atoms with Crippen molar-refractivity contribution in [3.8, 4) is 6.07 Å². The van der Waals surface area contributed by atoms with E-state index >= 15 is 0 Å². The second-order valence-electron chi connectivity index (χ2n) is 3.86. The normalized spacial score (nSPS) is 9.89. The van der Waals surface area contributed by atoms with Crippen LogP contribution in [0.1, 0.15) is 15.9 Å². The van der Waals surface area contributed by atoms with Crippen LogP contribution >= 0.6 is 11.8 Å². The van der Waals surface area contributed by atoms with Crippen LogP contribution < -0.4 is 0 Å². The molecular weight excluding hydrogens is 261 g/mol. The lowest BCUT2D eigenvalue weighted by molar-refractivity contribution is 0.102. The highest BCUT2D eigenvalue weighted by atomic mass is 32.2. The van der Waals surface area contributed by atoms with Gasteiger partial charge < -0.3 is 0 Å². The molecule has 0 aromatic heterocycles. The molecule has 19 heavy (non-hydrogen) atoms. The largest absolute Gasteiger partial charge is 0.293 e. The summed E-state index contributed by atoms with van der Waals surface area (Å²) in [5.41, 5.74) is 1.08. The summed E-state index contributed by atoms with van der Waals surface area (Å²) in [7, 11) is 0. The third-order valence-corrected chi connectivity index (χ3v) is 3.50. The Bertz CT molecular complexity index is 631. The van der Waals surface area contributed by atoms with E-state index in [2.05, 4.69) is 0 Å². The minimum absolute atomic E-state index is 0.0428. The Morgan fingerprint density at radius 2 is 1.95 bits per heavy atom. The monoisotopic (exact) mass is 271 g/mol. The van der Waals surface area contributed by atoms with Gasteiger partial charge in [0.05, 0.1) is 17.4 Å². The number of hydrogen-bond donors (Lipinski definition) is 0. The molecule has 94 valence electrons. The van der Waals surface area contributed by atoms with Gasteiger partial charge in [-0.3, -0.25) is 4.79 Å². The van der Waals surface area contributed by atoms with Crippen LogP contribution in [-0.4, -0.2) is 11.5 Å². The Balaban J connectivity index is 1.99. The molecule has 0 radical (unpaired) electrons. The molecule has 0 heterocycles. The first-order chi connectivity index (χ1) is 9.19. The summed E-state index contributed by atoms with van der Waals surface area (Å²) < 4.78 is 13.0. The van der Waals surface area contributed by atoms with Crippen molar-refractivity contribution in [3.63, 3.8) is 0 Å². The number of nitrogens with zero attached hydrogens (tertiary/aromatic N) is 1. The Morgan fingerprint density at radius 1 is 1.21 bits per heavy atom. The zero-order valence-electron chi connectivity index (χ0n) is 9.97. The van der Waals surface area contributed by atoms with Gasteiger partial charge in [-0.25, -0.2) is 4.39 Å². The van der Waals surface area contributed by atoms with Crippen LogP contribution in [0.3, 0.4) is 0 Å². The van der Waals surface area contributed by atoms with E-state index in [1.165, 1.54) is 23.9 Å². The first kappa shape index (κ1) is 13.3. The fourth-order valence-corrected chi connectivity index (χ4v) is 2.35. The van der Waals surface area contributed by atoms with Crippen LogP contribution in [0.4, 0.5) is 4.39 Å². The van der Waals surface area contributed by atoms with Crippen LogP contribution in [0, 0.1) is 17.1 Å². The van der Waals surface area contributed by atoms with E-state index in [0.717, 1.165) is 4.90 Å². The van der Waals surface area contributed by atoms with Crippen LogP contribution in [0.2, 0.25) is 0 Å². The van der Waals surface area contributed by atoms with E-state index < -0.39 is 0 Å². The Labute approximate surface area is 114 Å². The van der Waals surface area contributed by atoms with Crippen molar-refractivity contribution in [1.29, 1.82) is 5.26 Å². The molecule has 0 aliphatic carbocycles. The average Bonchev–Trinajstić information content (AvgIpc) is 2.45. The second-order valence-corrected chi connectivity index (χ2v) is 4.91. The summed E-state index contributed by atoms with van der Waals surface area (Å²) in [6.07, 6.45) is 0. The maximum Gasteiger partial charge on any atom is 0.173 e. The summed E-state index contributed by atoms with van der Waals surface area (Å²) in [5, 5.41) is 8.67. The quantitative estimate of drug-likeness (QED) is 0.629. The van der Waals surface area contributed by atoms with E-state index in [0.29, 0.717) is 11.1 Å². The van der Waals surface area contributed by atoms with Crippen molar-refractivity contribution in [2.75, 3.05) is 5.75 Å². The molecule has 0 spiro atoms. The molecule has 4 heteroatoms. The fraction of sp³-hybridized carbons (Fsp3) is 0.0667. The van der Waals surface area contributed by atoms with Crippen molar-refractivity contribution < 1.29 is 9.18 Å². The van der Waals surface area contributed by atoms with Gasteiger partial charge in [0.15, 0.2) is 5.78 Å². The third kappa shape index (κ3) is 3.67. The number of nitriles is 1. The van der Waals surface area contributed by atoms with Gasteiger partial charge in [-0.05, 0) is 30.3 Å². The van der Waals surface area contributed by atoms with Crippen molar-refractivity contribution in [3.05, 3.63) is 65.5 Å². The number of rotatable bonds is 4. The van der Waals surface area contributed by atoms with E-state index in [9.17, 15) is 9.18 Å². The minimum Gasteiger partial charge on any atom is -0.293 e. The lowest BCUT2D eigenvalue weighted by Crippen LogP contribution is -2.02. The van der Waals surface area contributed by atoms with Crippen LogP contribution in [0.25, 0.3) is 0 Å². The molecule has 0 saturated carbocycles. The number of halogens is 1. The van der Waals surface area contributed by atoms with Crippen LogP contribution in [0.15, 0.2) is 53.4 Å². The number of benzene rings is 2. The van der Waals surface area contributed by atoms with Crippen molar-refractivity contribution >= 4 is 17.5 Å². The summed E-state index contributed by atoms with van der Waals surface area (Å²) in [6.45, 7) is 0. The van der Waals surface area contributed by atoms with Gasteiger partial charge in [0.1, 0.15) is 5.82 Å². The summed E-state index contributed by atoms with van der Waals surface area (Å²) in [5.74, 6) is -0.107. The molecule has 0 bridgehead atoms. The Morgan fingerprint density at radius 3 is 2.58 bits per heavy atom. The second kappa shape index (κ2) is 6.17. The highest BCUT2D eigenvalue weighted by molar-refractivity contribution is 8.00. The molecule has 0 amide bonds. The summed E-state index contributed by atoms with van der Waals surface area (Å²) in [4.78, 5) is 12.6. The number of carbonyl (C=O) groups excluding carboxylic acids is 1. The predicted octanol–water partition coefficient (Wildman–Crippen LogP) is 3.67. The van der Waals surface area contributed by atoms with Gasteiger partial charge >= 0.3 is 0 Å². The van der Waals surface area contributed by atoms with Gasteiger partial charge in [0.25, 0.3) is 0 Å². The molecule has 0 saturated heterocycles. The van der Waals surface area contributed by atoms with E-state index in [-0.39, 0.29) is 17.4 Å². The van der Waals surface area contributed by atoms with Gasteiger partial charge in [0.2, 0.25) is 0 Å². The molecule has 0 N–H and O–H groups in total. The molecule has 0 aliphatic rings. The Kier molecular flexibility index (Phi) is 4.32. The fourth-order valence-electron chi connectivity index (χ4n) is 1.52. The predicted molar refractivity (Wildman–Crippen MR) is 72.6 cm³/mol. The highest BCUT2D eigenvalue weighted by Gasteiger charge is 2.07. The highest BCUT2D eigenvalue weighted by Crippen LogP contribution is 2.20. The van der Waals surface area contributed by atoms with E-state index in [1.807, 2.05) is 6.07 Å². The van der Waals surface area contributed by atoms with Crippen molar-refractivity contribution in [2.24, 2.45) is 0 Å². The van der Waals surface area contributed by atoms with Gasteiger partial charge in [0, 0.05) is 10.5 Å². The van der Waals surface area contributed by atoms with E-state index in [4.69, 9.17) is 5.26 Å². The lowest BCUT2D eigenvalue weighted by atomic mass is 10.1. The van der Waals surface area contributed by atoms with Crippen molar-refractivity contribution in [2.45, 2.75) is 4.90 Å². The Hall–Kier alpha value is -2.12. The number of Topliss-reactive ketones (excluding diaryl/α,β-unsaturated/α-hetero) is 1. The topological polar surface area (TPSA) is 40.9 Å². The maximum atomic E-state index is 13.0. The third-order valence-electron chi connectivity index (χ3n) is 2.50. The molecule has 2 nitrogen and oxygen atoms in total. The van der Waals surface area contributed by atoms with Crippen LogP contribution in [-0.2, 0) is 0 Å². The number of hydrogen-bond acceptors (Lipinski definition) is 3. The van der Waals surface area contributed by atoms with Gasteiger partial charge in [-0.2, -0.15) is 5.26 Å². The summed E-state index contributed by atoms with van der Waals surface area (Å²) in [6, 6.07) is 14.6. The molecule has 2 aromatic carbocycles. The molecule has 0 fully saturated rings. The van der Waals surface area contributed by atoms with Crippen LogP contribution in [0.5, 0.6) is 0 Å². The number of ketones is 1. The van der Waals surface area contributed by atoms with Crippen molar-refractivity contribution in [1.82, 2.24) is 0 Å². The molecule has 2 rings (SSSR count). The molecule has 0 unspecified atom stereocenters. The van der Waals surface area contributed by atoms with E-state index in [1.54, 1.807) is 36.4 Å². The van der Waals surface area contributed by atoms with Gasteiger partial charge in [-0.1, -0.05) is 18.2 Å². The summed E-state index contributed by atoms with van der Waals surface area (Å²) >= 11 is 1.29. The van der Waals surface area contributed by atoms with Gasteiger partial charge in [-0.15, -0.1) is 11.8 Å². The maximum absolute atomic E-state index is 13.0. The number of carbonyl (C=O) groups is 1. The molecule has 0 atom stereocenters. The SMILES string of the molecule is N#Cc1ccc(C(=O)CSc2cccc(F)c2)cc1. The number of thioether (sulfide) groups is 1. The standard InChI is InChI=1S/C15H10FNOS/c16-13-2-1-3-14(8-13)19-10-15(18)12-6-4-11(9-17)5-7-12/h1-8H,10H2. The first-order valence-electron chi connectivity index (χ1n) is 5.61. The zero-order chi connectivity index (χ0) is 13.7. The average molecular weight is 271 g/mol. The zero-order valence-corrected chi connectivity index (χ0v) is 10.8. The minimum atomic E-state index is -0.309. The first-order valence-corrected chi connectivity index (χ1v) is 6.59. The molecule has 2 aromatic rings. The lowest BCUT2D eigenvalue weighted by Gasteiger charge is -2.02. The molecule has 0 aliphatic heterocycles. The molecular formula is C15H10FNOS.